The van der Waals surface area contributed by atoms with E-state index in [1.54, 1.807) is 0 Å². The lowest BCUT2D eigenvalue weighted by molar-refractivity contribution is 0.307. The van der Waals surface area contributed by atoms with Crippen LogP contribution in [0, 0.1) is 0 Å². The van der Waals surface area contributed by atoms with Gasteiger partial charge in [0.2, 0.25) is 0 Å². The zero-order chi connectivity index (χ0) is 14.3. The highest BCUT2D eigenvalue weighted by molar-refractivity contribution is 7.99. The van der Waals surface area contributed by atoms with Crippen molar-refractivity contribution >= 4 is 11.8 Å². The van der Waals surface area contributed by atoms with Gasteiger partial charge in [0.1, 0.15) is 5.75 Å². The molecule has 0 spiro atoms. The van der Waals surface area contributed by atoms with Gasteiger partial charge >= 0.3 is 0 Å². The molecule has 0 saturated carbocycles. The van der Waals surface area contributed by atoms with E-state index in [1.165, 1.54) is 17.7 Å². The lowest BCUT2D eigenvalue weighted by Crippen LogP contribution is -2.10. The molecule has 1 atom stereocenters. The van der Waals surface area contributed by atoms with Crippen LogP contribution < -0.4 is 4.74 Å². The fraction of sp³-hybridized carbons (Fsp3) is 0.647. The minimum atomic E-state index is 0.214. The van der Waals surface area contributed by atoms with Gasteiger partial charge in [-0.05, 0) is 41.7 Å². The van der Waals surface area contributed by atoms with Crippen molar-refractivity contribution in [3.8, 4) is 5.75 Å². The van der Waals surface area contributed by atoms with Crippen LogP contribution in [0.2, 0.25) is 0 Å². The van der Waals surface area contributed by atoms with Crippen LogP contribution in [0.15, 0.2) is 24.3 Å². The second-order valence-electron chi connectivity index (χ2n) is 6.03. The molecule has 19 heavy (non-hydrogen) atoms. The summed E-state index contributed by atoms with van der Waals surface area (Å²) in [4.78, 5) is 0. The van der Waals surface area contributed by atoms with E-state index in [4.69, 9.17) is 4.74 Å². The third-order valence-corrected chi connectivity index (χ3v) is 4.33. The maximum Gasteiger partial charge on any atom is 0.119 e. The van der Waals surface area contributed by atoms with Gasteiger partial charge in [0, 0.05) is 5.25 Å². The molecule has 0 heterocycles. The van der Waals surface area contributed by atoms with Crippen molar-refractivity contribution in [1.29, 1.82) is 0 Å². The van der Waals surface area contributed by atoms with Crippen molar-refractivity contribution in [1.82, 2.24) is 0 Å². The Morgan fingerprint density at radius 3 is 2.32 bits per heavy atom. The summed E-state index contributed by atoms with van der Waals surface area (Å²) in [6, 6.07) is 8.52. The molecule has 0 amide bonds. The van der Waals surface area contributed by atoms with E-state index < -0.39 is 0 Å². The van der Waals surface area contributed by atoms with Crippen molar-refractivity contribution in [2.75, 3.05) is 12.4 Å². The van der Waals surface area contributed by atoms with Crippen LogP contribution in [0.3, 0.4) is 0 Å². The Bertz CT molecular complexity index is 351. The van der Waals surface area contributed by atoms with Crippen LogP contribution in [0.25, 0.3) is 0 Å². The Morgan fingerprint density at radius 2 is 1.79 bits per heavy atom. The molecule has 0 aliphatic heterocycles. The van der Waals surface area contributed by atoms with Crippen LogP contribution in [0.1, 0.15) is 53.0 Å². The lowest BCUT2D eigenvalue weighted by Gasteiger charge is -2.19. The SMILES string of the molecule is CCSC(C)CCCOc1ccc(C(C)(C)C)cc1. The second-order valence-corrected chi connectivity index (χ2v) is 7.75. The van der Waals surface area contributed by atoms with Gasteiger partial charge in [-0.2, -0.15) is 11.8 Å². The fourth-order valence-electron chi connectivity index (χ4n) is 1.98. The summed E-state index contributed by atoms with van der Waals surface area (Å²) < 4.78 is 5.79. The summed E-state index contributed by atoms with van der Waals surface area (Å²) in [5, 5.41) is 0.747. The zero-order valence-electron chi connectivity index (χ0n) is 13.0. The Balaban J connectivity index is 2.31. The Kier molecular flexibility index (Phi) is 6.78. The van der Waals surface area contributed by atoms with Crippen molar-refractivity contribution in [2.24, 2.45) is 0 Å². The predicted octanol–water partition coefficient (Wildman–Crippen LogP) is 5.28. The zero-order valence-corrected chi connectivity index (χ0v) is 13.8. The molecule has 0 fully saturated rings. The molecule has 1 aromatic carbocycles. The third-order valence-electron chi connectivity index (χ3n) is 3.20. The first-order valence-electron chi connectivity index (χ1n) is 7.28. The summed E-state index contributed by atoms with van der Waals surface area (Å²) in [5.74, 6) is 2.19. The van der Waals surface area contributed by atoms with Gasteiger partial charge in [0.05, 0.1) is 6.61 Å². The van der Waals surface area contributed by atoms with Crippen LogP contribution >= 0.6 is 11.8 Å². The van der Waals surface area contributed by atoms with Crippen molar-refractivity contribution < 1.29 is 4.74 Å². The molecular weight excluding hydrogens is 252 g/mol. The maximum atomic E-state index is 5.79. The van der Waals surface area contributed by atoms with Gasteiger partial charge in [0.15, 0.2) is 0 Å². The van der Waals surface area contributed by atoms with Gasteiger partial charge in [0.25, 0.3) is 0 Å². The van der Waals surface area contributed by atoms with Crippen LogP contribution in [-0.4, -0.2) is 17.6 Å². The van der Waals surface area contributed by atoms with Crippen molar-refractivity contribution in [2.45, 2.75) is 58.1 Å². The molecule has 0 radical (unpaired) electrons. The van der Waals surface area contributed by atoms with E-state index in [9.17, 15) is 0 Å². The predicted molar refractivity (Wildman–Crippen MR) is 87.5 cm³/mol. The molecule has 1 rings (SSSR count). The largest absolute Gasteiger partial charge is 0.494 e. The molecule has 0 aromatic heterocycles. The topological polar surface area (TPSA) is 9.23 Å². The highest BCUT2D eigenvalue weighted by Gasteiger charge is 2.12. The van der Waals surface area contributed by atoms with Crippen LogP contribution in [0.5, 0.6) is 5.75 Å². The molecule has 0 N–H and O–H groups in total. The molecule has 1 unspecified atom stereocenters. The summed E-state index contributed by atoms with van der Waals surface area (Å²) in [6.45, 7) is 12.0. The summed E-state index contributed by atoms with van der Waals surface area (Å²) in [7, 11) is 0. The summed E-state index contributed by atoms with van der Waals surface area (Å²) in [5.41, 5.74) is 1.57. The minimum absolute atomic E-state index is 0.214. The average Bonchev–Trinajstić information content (AvgIpc) is 2.34. The van der Waals surface area contributed by atoms with E-state index in [-0.39, 0.29) is 5.41 Å². The van der Waals surface area contributed by atoms with Crippen molar-refractivity contribution in [3.63, 3.8) is 0 Å². The summed E-state index contributed by atoms with van der Waals surface area (Å²) >= 11 is 2.03. The number of hydrogen-bond donors (Lipinski definition) is 0. The Morgan fingerprint density at radius 1 is 1.16 bits per heavy atom. The molecule has 0 saturated heterocycles. The van der Waals surface area contributed by atoms with E-state index in [2.05, 4.69) is 58.9 Å². The monoisotopic (exact) mass is 280 g/mol. The molecule has 0 aliphatic carbocycles. The smallest absolute Gasteiger partial charge is 0.119 e. The molecule has 0 bridgehead atoms. The number of ether oxygens (including phenoxy) is 1. The average molecular weight is 280 g/mol. The molecule has 1 nitrogen and oxygen atoms in total. The molecule has 108 valence electrons. The molecule has 1 aromatic rings. The van der Waals surface area contributed by atoms with E-state index >= 15 is 0 Å². The van der Waals surface area contributed by atoms with Gasteiger partial charge in [-0.1, -0.05) is 46.8 Å². The van der Waals surface area contributed by atoms with Gasteiger partial charge < -0.3 is 4.74 Å². The second kappa shape index (κ2) is 7.84. The lowest BCUT2D eigenvalue weighted by atomic mass is 9.87. The van der Waals surface area contributed by atoms with Gasteiger partial charge in [-0.25, -0.2) is 0 Å². The van der Waals surface area contributed by atoms with Crippen LogP contribution in [0.4, 0.5) is 0 Å². The third kappa shape index (κ3) is 6.38. The van der Waals surface area contributed by atoms with Crippen LogP contribution in [-0.2, 0) is 5.41 Å². The molecule has 2 heteroatoms. The highest BCUT2D eigenvalue weighted by Crippen LogP contribution is 2.24. The number of benzene rings is 1. The Labute approximate surface area is 123 Å². The summed E-state index contributed by atoms with van der Waals surface area (Å²) in [6.07, 6.45) is 2.37. The highest BCUT2D eigenvalue weighted by atomic mass is 32.2. The quantitative estimate of drug-likeness (QED) is 0.628. The van der Waals surface area contributed by atoms with Gasteiger partial charge in [-0.15, -0.1) is 0 Å². The molecule has 0 aliphatic rings. The minimum Gasteiger partial charge on any atom is -0.494 e. The number of thioether (sulfide) groups is 1. The van der Waals surface area contributed by atoms with E-state index in [1.807, 2.05) is 11.8 Å². The first kappa shape index (κ1) is 16.4. The standard InChI is InChI=1S/C17H28OS/c1-6-19-14(2)8-7-13-18-16-11-9-15(10-12-16)17(3,4)5/h9-12,14H,6-8,13H2,1-5H3. The normalized spacial score (nSPS) is 13.3. The first-order valence-corrected chi connectivity index (χ1v) is 8.33. The first-order chi connectivity index (χ1) is 8.93. The van der Waals surface area contributed by atoms with E-state index in [0.29, 0.717) is 0 Å². The van der Waals surface area contributed by atoms with E-state index in [0.717, 1.165) is 24.0 Å². The Hall–Kier alpha value is -0.630. The maximum absolute atomic E-state index is 5.79. The van der Waals surface area contributed by atoms with Gasteiger partial charge in [-0.3, -0.25) is 0 Å². The van der Waals surface area contributed by atoms with Crippen molar-refractivity contribution in [3.05, 3.63) is 29.8 Å². The fourth-order valence-corrected chi connectivity index (χ4v) is 2.88. The number of hydrogen-bond acceptors (Lipinski definition) is 2. The number of rotatable bonds is 7. The molecular formula is C17H28OS.